The summed E-state index contributed by atoms with van der Waals surface area (Å²) in [6.45, 7) is 4.65. The van der Waals surface area contributed by atoms with E-state index in [9.17, 15) is 9.59 Å². The van der Waals surface area contributed by atoms with Gasteiger partial charge in [0, 0.05) is 6.54 Å². The first kappa shape index (κ1) is 18.2. The number of amides is 2. The number of benzene rings is 1. The van der Waals surface area contributed by atoms with Gasteiger partial charge in [0.1, 0.15) is 11.7 Å². The van der Waals surface area contributed by atoms with Crippen LogP contribution in [0.5, 0.6) is 0 Å². The molecule has 1 saturated heterocycles. The molecule has 0 spiro atoms. The summed E-state index contributed by atoms with van der Waals surface area (Å²) in [5.41, 5.74) is 8.40. The molecular formula is C21H25N3O2S. The monoisotopic (exact) mass is 383 g/mol. The number of primary amides is 1. The van der Waals surface area contributed by atoms with Crippen molar-refractivity contribution in [2.75, 3.05) is 6.54 Å². The predicted molar refractivity (Wildman–Crippen MR) is 107 cm³/mol. The van der Waals surface area contributed by atoms with E-state index in [0.717, 1.165) is 41.1 Å². The molecule has 2 aromatic rings. The van der Waals surface area contributed by atoms with E-state index in [2.05, 4.69) is 24.0 Å². The molecule has 142 valence electrons. The van der Waals surface area contributed by atoms with Gasteiger partial charge in [-0.2, -0.15) is 0 Å². The second-order valence-corrected chi connectivity index (χ2v) is 8.82. The number of likely N-dealkylation sites (tertiary alicyclic amines) is 1. The first-order chi connectivity index (χ1) is 13.0. The lowest BCUT2D eigenvalue weighted by Crippen LogP contribution is -2.46. The van der Waals surface area contributed by atoms with Crippen LogP contribution < -0.4 is 5.73 Å². The van der Waals surface area contributed by atoms with Crippen molar-refractivity contribution in [3.8, 4) is 10.4 Å². The molecule has 2 amide bonds. The third kappa shape index (κ3) is 3.16. The lowest BCUT2D eigenvalue weighted by Gasteiger charge is -2.25. The van der Waals surface area contributed by atoms with Crippen LogP contribution in [0.1, 0.15) is 47.2 Å². The second kappa shape index (κ2) is 7.08. The normalized spacial score (nSPS) is 24.2. The molecule has 1 aliphatic heterocycles. The molecule has 1 aromatic heterocycles. The van der Waals surface area contributed by atoms with Gasteiger partial charge in [0.25, 0.3) is 5.91 Å². The molecule has 1 saturated carbocycles. The van der Waals surface area contributed by atoms with Crippen molar-refractivity contribution in [2.24, 2.45) is 17.6 Å². The van der Waals surface area contributed by atoms with Crippen LogP contribution in [0.4, 0.5) is 0 Å². The van der Waals surface area contributed by atoms with Crippen molar-refractivity contribution in [3.05, 3.63) is 40.5 Å². The molecule has 27 heavy (non-hydrogen) atoms. The Hall–Kier alpha value is -2.21. The molecule has 0 unspecified atom stereocenters. The van der Waals surface area contributed by atoms with Crippen LogP contribution >= 0.6 is 11.3 Å². The average Bonchev–Trinajstić information content (AvgIpc) is 3.34. The van der Waals surface area contributed by atoms with E-state index in [4.69, 9.17) is 5.73 Å². The van der Waals surface area contributed by atoms with Crippen LogP contribution in [-0.4, -0.2) is 34.3 Å². The Morgan fingerprint density at radius 3 is 2.67 bits per heavy atom. The largest absolute Gasteiger partial charge is 0.368 e. The summed E-state index contributed by atoms with van der Waals surface area (Å²) < 4.78 is 0. The number of hydrogen-bond acceptors (Lipinski definition) is 4. The standard InChI is InChI=1S/C21H25N3O2S/c1-3-13-7-9-14(10-8-13)19-17(23-12(2)27-19)21(26)24-11-15-5-4-6-16(15)18(24)20(22)25/h7-10,15-16,18H,3-6,11H2,1-2H3,(H2,22,25)/t15-,16-,18-/m0/s1. The van der Waals surface area contributed by atoms with Gasteiger partial charge in [-0.15, -0.1) is 11.3 Å². The van der Waals surface area contributed by atoms with E-state index >= 15 is 0 Å². The Labute approximate surface area is 163 Å². The maximum atomic E-state index is 13.4. The Balaban J connectivity index is 1.69. The summed E-state index contributed by atoms with van der Waals surface area (Å²) in [5, 5.41) is 0.850. The molecule has 4 rings (SSSR count). The van der Waals surface area contributed by atoms with Gasteiger partial charge in [-0.1, -0.05) is 37.6 Å². The van der Waals surface area contributed by atoms with Crippen molar-refractivity contribution in [3.63, 3.8) is 0 Å². The molecule has 0 bridgehead atoms. The van der Waals surface area contributed by atoms with Gasteiger partial charge in [-0.25, -0.2) is 4.98 Å². The van der Waals surface area contributed by atoms with Gasteiger partial charge in [-0.05, 0) is 49.1 Å². The van der Waals surface area contributed by atoms with Crippen molar-refractivity contribution < 1.29 is 9.59 Å². The van der Waals surface area contributed by atoms with Gasteiger partial charge in [0.05, 0.1) is 9.88 Å². The fourth-order valence-corrected chi connectivity index (χ4v) is 5.59. The van der Waals surface area contributed by atoms with Gasteiger partial charge in [0.2, 0.25) is 5.91 Å². The number of nitrogens with zero attached hydrogens (tertiary/aromatic N) is 2. The molecule has 6 heteroatoms. The molecule has 2 N–H and O–H groups in total. The smallest absolute Gasteiger partial charge is 0.274 e. The summed E-state index contributed by atoms with van der Waals surface area (Å²) in [6, 6.07) is 7.78. The summed E-state index contributed by atoms with van der Waals surface area (Å²) in [5.74, 6) is 0.0441. The Morgan fingerprint density at radius 1 is 1.26 bits per heavy atom. The van der Waals surface area contributed by atoms with Gasteiger partial charge in [-0.3, -0.25) is 9.59 Å². The minimum atomic E-state index is -0.498. The van der Waals surface area contributed by atoms with Crippen LogP contribution in [0.25, 0.3) is 10.4 Å². The van der Waals surface area contributed by atoms with Gasteiger partial charge >= 0.3 is 0 Å². The zero-order chi connectivity index (χ0) is 19.1. The minimum Gasteiger partial charge on any atom is -0.368 e. The molecule has 1 aromatic carbocycles. The van der Waals surface area contributed by atoms with E-state index in [1.807, 2.05) is 19.1 Å². The summed E-state index contributed by atoms with van der Waals surface area (Å²) in [4.78, 5) is 32.6. The van der Waals surface area contributed by atoms with Crippen molar-refractivity contribution in [1.29, 1.82) is 0 Å². The highest BCUT2D eigenvalue weighted by Crippen LogP contribution is 2.43. The topological polar surface area (TPSA) is 76.3 Å². The van der Waals surface area contributed by atoms with E-state index in [1.54, 1.807) is 4.90 Å². The number of rotatable bonds is 4. The molecule has 3 atom stereocenters. The highest BCUT2D eigenvalue weighted by atomic mass is 32.1. The molecule has 2 heterocycles. The van der Waals surface area contributed by atoms with Crippen LogP contribution in [0, 0.1) is 18.8 Å². The van der Waals surface area contributed by atoms with Crippen LogP contribution in [0.15, 0.2) is 24.3 Å². The van der Waals surface area contributed by atoms with Crippen molar-refractivity contribution in [1.82, 2.24) is 9.88 Å². The van der Waals surface area contributed by atoms with Crippen LogP contribution in [0.3, 0.4) is 0 Å². The van der Waals surface area contributed by atoms with E-state index in [1.165, 1.54) is 16.9 Å². The highest BCUT2D eigenvalue weighted by molar-refractivity contribution is 7.15. The lowest BCUT2D eigenvalue weighted by molar-refractivity contribution is -0.122. The number of carbonyl (C=O) groups is 2. The maximum absolute atomic E-state index is 13.4. The summed E-state index contributed by atoms with van der Waals surface area (Å²) >= 11 is 1.52. The van der Waals surface area contributed by atoms with E-state index in [-0.39, 0.29) is 11.8 Å². The summed E-state index contributed by atoms with van der Waals surface area (Å²) in [6.07, 6.45) is 4.14. The van der Waals surface area contributed by atoms with Gasteiger partial charge in [0.15, 0.2) is 0 Å². The van der Waals surface area contributed by atoms with E-state index in [0.29, 0.717) is 18.2 Å². The molecule has 0 radical (unpaired) electrons. The predicted octanol–water partition coefficient (Wildman–Crippen LogP) is 3.41. The van der Waals surface area contributed by atoms with E-state index < -0.39 is 11.9 Å². The second-order valence-electron chi connectivity index (χ2n) is 7.62. The molecule has 1 aliphatic carbocycles. The number of aromatic nitrogens is 1. The maximum Gasteiger partial charge on any atom is 0.274 e. The molecule has 2 aliphatic rings. The third-order valence-electron chi connectivity index (χ3n) is 6.00. The zero-order valence-corrected chi connectivity index (χ0v) is 16.6. The third-order valence-corrected chi connectivity index (χ3v) is 7.02. The number of nitrogens with two attached hydrogens (primary N) is 1. The van der Waals surface area contributed by atoms with Gasteiger partial charge < -0.3 is 10.6 Å². The fraction of sp³-hybridized carbons (Fsp3) is 0.476. The van der Waals surface area contributed by atoms with Crippen LogP contribution in [-0.2, 0) is 11.2 Å². The van der Waals surface area contributed by atoms with Crippen LogP contribution in [0.2, 0.25) is 0 Å². The molecule has 2 fully saturated rings. The number of hydrogen-bond donors (Lipinski definition) is 1. The lowest BCUT2D eigenvalue weighted by atomic mass is 9.93. The van der Waals surface area contributed by atoms with Crippen molar-refractivity contribution >= 4 is 23.2 Å². The Kier molecular flexibility index (Phi) is 4.76. The quantitative estimate of drug-likeness (QED) is 0.879. The minimum absolute atomic E-state index is 0.160. The summed E-state index contributed by atoms with van der Waals surface area (Å²) in [7, 11) is 0. The first-order valence-electron chi connectivity index (χ1n) is 9.66. The number of fused-ring (bicyclic) bond motifs is 1. The fourth-order valence-electron chi connectivity index (χ4n) is 4.67. The highest BCUT2D eigenvalue weighted by Gasteiger charge is 2.49. The number of thiazole rings is 1. The SMILES string of the molecule is CCc1ccc(-c2sc(C)nc2C(=O)N2C[C@@H]3CCC[C@@H]3[C@H]2C(N)=O)cc1. The van der Waals surface area contributed by atoms with Crippen molar-refractivity contribution in [2.45, 2.75) is 45.6 Å². The zero-order valence-electron chi connectivity index (χ0n) is 15.8. The molecule has 5 nitrogen and oxygen atoms in total. The molecular weight excluding hydrogens is 358 g/mol. The first-order valence-corrected chi connectivity index (χ1v) is 10.5. The Morgan fingerprint density at radius 2 is 2.00 bits per heavy atom. The Bertz CT molecular complexity index is 874. The number of aryl methyl sites for hydroxylation is 2. The number of carbonyl (C=O) groups excluding carboxylic acids is 2. The average molecular weight is 384 g/mol.